The highest BCUT2D eigenvalue weighted by Gasteiger charge is 2.06. The number of nitrogens with zero attached hydrogens (tertiary/aromatic N) is 1. The number of ether oxygens (including phenoxy) is 1. The van der Waals surface area contributed by atoms with E-state index in [-0.39, 0.29) is 0 Å². The SMILES string of the molecule is Cc1sc(CNC(C)C)cc1COCCc1ccccn1. The molecule has 0 fully saturated rings. The highest BCUT2D eigenvalue weighted by Crippen LogP contribution is 2.22. The molecule has 2 rings (SSSR count). The summed E-state index contributed by atoms with van der Waals surface area (Å²) in [6.45, 7) is 8.85. The fourth-order valence-corrected chi connectivity index (χ4v) is 3.03. The van der Waals surface area contributed by atoms with E-state index in [1.807, 2.05) is 35.7 Å². The molecule has 3 nitrogen and oxygen atoms in total. The lowest BCUT2D eigenvalue weighted by molar-refractivity contribution is 0.123. The summed E-state index contributed by atoms with van der Waals surface area (Å²) in [5.74, 6) is 0. The summed E-state index contributed by atoms with van der Waals surface area (Å²) in [7, 11) is 0. The average molecular weight is 304 g/mol. The zero-order valence-corrected chi connectivity index (χ0v) is 13.9. The Bertz CT molecular complexity index is 537. The lowest BCUT2D eigenvalue weighted by Gasteiger charge is -2.05. The average Bonchev–Trinajstić information content (AvgIpc) is 2.83. The summed E-state index contributed by atoms with van der Waals surface area (Å²) in [5, 5.41) is 3.45. The number of rotatable bonds is 8. The van der Waals surface area contributed by atoms with Gasteiger partial charge < -0.3 is 10.1 Å². The van der Waals surface area contributed by atoms with Crippen LogP contribution in [0.2, 0.25) is 0 Å². The molecule has 1 N–H and O–H groups in total. The van der Waals surface area contributed by atoms with Crippen LogP contribution in [-0.4, -0.2) is 17.6 Å². The van der Waals surface area contributed by atoms with Gasteiger partial charge in [-0.2, -0.15) is 0 Å². The Morgan fingerprint density at radius 2 is 2.19 bits per heavy atom. The predicted octanol–water partition coefficient (Wildman–Crippen LogP) is 3.71. The van der Waals surface area contributed by atoms with E-state index in [1.165, 1.54) is 15.3 Å². The molecule has 2 heterocycles. The van der Waals surface area contributed by atoms with Crippen molar-refractivity contribution >= 4 is 11.3 Å². The number of nitrogens with one attached hydrogen (secondary N) is 1. The molecule has 0 amide bonds. The molecule has 0 radical (unpaired) electrons. The van der Waals surface area contributed by atoms with Gasteiger partial charge >= 0.3 is 0 Å². The first-order valence-corrected chi connectivity index (χ1v) is 8.26. The van der Waals surface area contributed by atoms with Crippen molar-refractivity contribution in [3.8, 4) is 0 Å². The van der Waals surface area contributed by atoms with Gasteiger partial charge in [-0.25, -0.2) is 0 Å². The van der Waals surface area contributed by atoms with Gasteiger partial charge in [0.2, 0.25) is 0 Å². The molecule has 2 aromatic rings. The molecule has 4 heteroatoms. The van der Waals surface area contributed by atoms with Gasteiger partial charge in [0.25, 0.3) is 0 Å². The monoisotopic (exact) mass is 304 g/mol. The van der Waals surface area contributed by atoms with Crippen LogP contribution >= 0.6 is 11.3 Å². The maximum atomic E-state index is 5.79. The molecule has 21 heavy (non-hydrogen) atoms. The first kappa shape index (κ1) is 16.1. The van der Waals surface area contributed by atoms with Crippen molar-refractivity contribution < 1.29 is 4.74 Å². The van der Waals surface area contributed by atoms with Crippen LogP contribution in [0.4, 0.5) is 0 Å². The third-order valence-corrected chi connectivity index (χ3v) is 4.34. The lowest BCUT2D eigenvalue weighted by atomic mass is 10.2. The summed E-state index contributed by atoms with van der Waals surface area (Å²) in [5.41, 5.74) is 2.39. The van der Waals surface area contributed by atoms with Crippen LogP contribution in [0, 0.1) is 6.92 Å². The number of hydrogen-bond donors (Lipinski definition) is 1. The van der Waals surface area contributed by atoms with Crippen molar-refractivity contribution in [1.29, 1.82) is 0 Å². The smallest absolute Gasteiger partial charge is 0.0727 e. The van der Waals surface area contributed by atoms with Crippen LogP contribution in [0.25, 0.3) is 0 Å². The standard InChI is InChI=1S/C17H24N2OS/c1-13(2)19-11-17-10-15(14(3)21-17)12-20-9-7-16-6-4-5-8-18-16/h4-6,8,10,13,19H,7,9,11-12H2,1-3H3. The molecule has 0 atom stereocenters. The second kappa shape index (κ2) is 8.27. The van der Waals surface area contributed by atoms with Crippen LogP contribution in [0.3, 0.4) is 0 Å². The van der Waals surface area contributed by atoms with E-state index in [9.17, 15) is 0 Å². The van der Waals surface area contributed by atoms with Gasteiger partial charge in [-0.15, -0.1) is 11.3 Å². The maximum absolute atomic E-state index is 5.79. The normalized spacial score (nSPS) is 11.2. The van der Waals surface area contributed by atoms with Crippen molar-refractivity contribution in [2.75, 3.05) is 6.61 Å². The summed E-state index contributed by atoms with van der Waals surface area (Å²) in [6, 6.07) is 8.77. The molecule has 0 aliphatic carbocycles. The van der Waals surface area contributed by atoms with E-state index in [0.29, 0.717) is 19.3 Å². The molecule has 0 spiro atoms. The molecule has 0 bridgehead atoms. The van der Waals surface area contributed by atoms with Gasteiger partial charge in [0.05, 0.1) is 13.2 Å². The van der Waals surface area contributed by atoms with Crippen molar-refractivity contribution in [3.05, 3.63) is 51.5 Å². The third-order valence-electron chi connectivity index (χ3n) is 3.24. The number of pyridine rings is 1. The Balaban J connectivity index is 1.75. The van der Waals surface area contributed by atoms with Gasteiger partial charge in [0.1, 0.15) is 0 Å². The Hall–Kier alpha value is -1.23. The molecule has 0 aromatic carbocycles. The highest BCUT2D eigenvalue weighted by atomic mass is 32.1. The first-order chi connectivity index (χ1) is 10.1. The largest absolute Gasteiger partial charge is 0.376 e. The molecule has 2 aromatic heterocycles. The molecule has 114 valence electrons. The minimum Gasteiger partial charge on any atom is -0.376 e. The van der Waals surface area contributed by atoms with Gasteiger partial charge in [-0.1, -0.05) is 19.9 Å². The third kappa shape index (κ3) is 5.58. The second-order valence-electron chi connectivity index (χ2n) is 5.45. The van der Waals surface area contributed by atoms with Crippen LogP contribution in [0.5, 0.6) is 0 Å². The molecule has 0 saturated heterocycles. The van der Waals surface area contributed by atoms with Crippen molar-refractivity contribution in [1.82, 2.24) is 10.3 Å². The molecule has 0 unspecified atom stereocenters. The molecule has 0 saturated carbocycles. The van der Waals surface area contributed by atoms with Crippen LogP contribution in [-0.2, 0) is 24.3 Å². The summed E-state index contributed by atoms with van der Waals surface area (Å²) in [6.07, 6.45) is 2.69. The minimum absolute atomic E-state index is 0.519. The second-order valence-corrected chi connectivity index (χ2v) is 6.79. The lowest BCUT2D eigenvalue weighted by Crippen LogP contribution is -2.21. The van der Waals surface area contributed by atoms with Gasteiger partial charge in [-0.3, -0.25) is 4.98 Å². The number of hydrogen-bond acceptors (Lipinski definition) is 4. The number of aryl methyl sites for hydroxylation is 1. The Labute approximate surface area is 131 Å². The molecular formula is C17H24N2OS. The quantitative estimate of drug-likeness (QED) is 0.755. The zero-order valence-electron chi connectivity index (χ0n) is 13.1. The maximum Gasteiger partial charge on any atom is 0.0727 e. The van der Waals surface area contributed by atoms with E-state index in [2.05, 4.69) is 37.1 Å². The van der Waals surface area contributed by atoms with E-state index in [1.54, 1.807) is 0 Å². The Morgan fingerprint density at radius 3 is 2.90 bits per heavy atom. The van der Waals surface area contributed by atoms with Crippen molar-refractivity contribution in [2.24, 2.45) is 0 Å². The van der Waals surface area contributed by atoms with Gasteiger partial charge in [0.15, 0.2) is 0 Å². The zero-order chi connectivity index (χ0) is 15.1. The Kier molecular flexibility index (Phi) is 6.36. The van der Waals surface area contributed by atoms with E-state index in [0.717, 1.165) is 18.7 Å². The number of thiophene rings is 1. The van der Waals surface area contributed by atoms with E-state index < -0.39 is 0 Å². The topological polar surface area (TPSA) is 34.1 Å². The van der Waals surface area contributed by atoms with Gasteiger partial charge in [0, 0.05) is 40.7 Å². The summed E-state index contributed by atoms with van der Waals surface area (Å²) >= 11 is 1.86. The van der Waals surface area contributed by atoms with E-state index in [4.69, 9.17) is 4.74 Å². The summed E-state index contributed by atoms with van der Waals surface area (Å²) < 4.78 is 5.79. The Morgan fingerprint density at radius 1 is 1.33 bits per heavy atom. The van der Waals surface area contributed by atoms with Crippen LogP contribution < -0.4 is 5.32 Å². The fourth-order valence-electron chi connectivity index (χ4n) is 2.03. The predicted molar refractivity (Wildman–Crippen MR) is 88.6 cm³/mol. The highest BCUT2D eigenvalue weighted by molar-refractivity contribution is 7.12. The van der Waals surface area contributed by atoms with Crippen LogP contribution in [0.15, 0.2) is 30.5 Å². The molecular weight excluding hydrogens is 280 g/mol. The minimum atomic E-state index is 0.519. The van der Waals surface area contributed by atoms with E-state index >= 15 is 0 Å². The fraction of sp³-hybridized carbons (Fsp3) is 0.471. The van der Waals surface area contributed by atoms with Crippen molar-refractivity contribution in [2.45, 2.75) is 46.4 Å². The van der Waals surface area contributed by atoms with Gasteiger partial charge in [-0.05, 0) is 30.7 Å². The number of aromatic nitrogens is 1. The molecule has 0 aliphatic rings. The molecule has 0 aliphatic heterocycles. The van der Waals surface area contributed by atoms with Crippen LogP contribution in [0.1, 0.15) is 34.9 Å². The van der Waals surface area contributed by atoms with Crippen molar-refractivity contribution in [3.63, 3.8) is 0 Å². The first-order valence-electron chi connectivity index (χ1n) is 7.44. The summed E-state index contributed by atoms with van der Waals surface area (Å²) in [4.78, 5) is 7.03.